The molecule has 5 heteroatoms. The monoisotopic (exact) mass is 174 g/mol. The SMILES string of the molecule is CC.[B]C([B])([B])N1CCN(C)CC1. The molecule has 0 aromatic heterocycles. The Morgan fingerprint density at radius 1 is 0.923 bits per heavy atom. The molecule has 0 aliphatic carbocycles. The van der Waals surface area contributed by atoms with Gasteiger partial charge in [-0.2, -0.15) is 0 Å². The Morgan fingerprint density at radius 3 is 1.62 bits per heavy atom. The van der Waals surface area contributed by atoms with E-state index in [4.69, 9.17) is 23.5 Å². The molecule has 2 nitrogen and oxygen atoms in total. The summed E-state index contributed by atoms with van der Waals surface area (Å²) in [7, 11) is 18.6. The van der Waals surface area contributed by atoms with Gasteiger partial charge in [-0.25, -0.2) is 0 Å². The Labute approximate surface area is 86.3 Å². The molecule has 0 spiro atoms. The topological polar surface area (TPSA) is 6.48 Å². The van der Waals surface area contributed by atoms with E-state index in [0.717, 1.165) is 26.2 Å². The van der Waals surface area contributed by atoms with Crippen LogP contribution < -0.4 is 0 Å². The molecule has 0 atom stereocenters. The zero-order valence-corrected chi connectivity index (χ0v) is 8.95. The molecule has 0 unspecified atom stereocenters. The second-order valence-electron chi connectivity index (χ2n) is 3.18. The summed E-state index contributed by atoms with van der Waals surface area (Å²) in [5, 5.41) is -1.14. The average Bonchev–Trinajstić information content (AvgIpc) is 2.07. The van der Waals surface area contributed by atoms with Gasteiger partial charge in [0.1, 0.15) is 0 Å². The Morgan fingerprint density at radius 2 is 1.31 bits per heavy atom. The van der Waals surface area contributed by atoms with Gasteiger partial charge >= 0.3 is 0 Å². The van der Waals surface area contributed by atoms with Crippen LogP contribution in [0.3, 0.4) is 0 Å². The fourth-order valence-electron chi connectivity index (χ4n) is 1.19. The van der Waals surface area contributed by atoms with E-state index in [-0.39, 0.29) is 0 Å². The van der Waals surface area contributed by atoms with Gasteiger partial charge in [-0.1, -0.05) is 19.1 Å². The Bertz CT molecular complexity index is 128. The van der Waals surface area contributed by atoms with Crippen LogP contribution in [-0.2, 0) is 0 Å². The van der Waals surface area contributed by atoms with Crippen molar-refractivity contribution in [2.24, 2.45) is 0 Å². The van der Waals surface area contributed by atoms with Crippen molar-refractivity contribution in [1.82, 2.24) is 9.80 Å². The van der Waals surface area contributed by atoms with Crippen molar-refractivity contribution in [2.75, 3.05) is 33.2 Å². The van der Waals surface area contributed by atoms with Crippen LogP contribution in [0.25, 0.3) is 0 Å². The predicted molar refractivity (Wildman–Crippen MR) is 60.4 cm³/mol. The number of nitrogens with zero attached hydrogens (tertiary/aromatic N) is 2. The van der Waals surface area contributed by atoms with Crippen LogP contribution in [0.4, 0.5) is 0 Å². The van der Waals surface area contributed by atoms with Gasteiger partial charge in [-0.15, -0.1) is 0 Å². The first-order chi connectivity index (χ1) is 6.00. The standard InChI is InChI=1S/C6H11B3N2.C2H6/c1-10-2-4-11(5-3-10)6(7,8)9;1-2/h2-5H2,1H3;1-2H3. The maximum absolute atomic E-state index is 5.52. The molecule has 0 aromatic carbocycles. The maximum Gasteiger partial charge on any atom is 0.0698 e. The van der Waals surface area contributed by atoms with Crippen LogP contribution in [0.5, 0.6) is 0 Å². The van der Waals surface area contributed by atoms with Crippen LogP contribution >= 0.6 is 0 Å². The zero-order chi connectivity index (χ0) is 10.5. The largest absolute Gasteiger partial charge is 0.320 e. The summed E-state index contributed by atoms with van der Waals surface area (Å²) in [5.74, 6) is 0. The molecular weight excluding hydrogens is 157 g/mol. The summed E-state index contributed by atoms with van der Waals surface area (Å²) in [4.78, 5) is 4.11. The molecule has 1 saturated heterocycles. The van der Waals surface area contributed by atoms with E-state index >= 15 is 0 Å². The van der Waals surface area contributed by atoms with Crippen LogP contribution in [-0.4, -0.2) is 71.8 Å². The third-order valence-corrected chi connectivity index (χ3v) is 2.05. The molecule has 0 saturated carbocycles. The third-order valence-electron chi connectivity index (χ3n) is 2.05. The van der Waals surface area contributed by atoms with Crippen molar-refractivity contribution in [1.29, 1.82) is 0 Å². The molecule has 1 rings (SSSR count). The highest BCUT2D eigenvalue weighted by Crippen LogP contribution is 2.06. The molecule has 0 N–H and O–H groups in total. The molecule has 0 aromatic rings. The van der Waals surface area contributed by atoms with E-state index in [9.17, 15) is 0 Å². The van der Waals surface area contributed by atoms with Crippen molar-refractivity contribution in [2.45, 2.75) is 19.1 Å². The van der Waals surface area contributed by atoms with Crippen LogP contribution in [0.15, 0.2) is 0 Å². The van der Waals surface area contributed by atoms with E-state index < -0.39 is 5.24 Å². The lowest BCUT2D eigenvalue weighted by Crippen LogP contribution is -2.57. The minimum absolute atomic E-state index is 0.847. The smallest absolute Gasteiger partial charge is 0.0698 e. The van der Waals surface area contributed by atoms with Crippen LogP contribution in [0, 0.1) is 0 Å². The lowest BCUT2D eigenvalue weighted by molar-refractivity contribution is 0.152. The molecule has 1 heterocycles. The number of piperazine rings is 1. The molecular formula is C8H17B3N2. The van der Waals surface area contributed by atoms with Crippen molar-refractivity contribution in [3.63, 3.8) is 0 Å². The first-order valence-electron chi connectivity index (χ1n) is 4.80. The minimum atomic E-state index is -1.14. The quantitative estimate of drug-likeness (QED) is 0.488. The van der Waals surface area contributed by atoms with E-state index in [1.165, 1.54) is 0 Å². The second kappa shape index (κ2) is 5.76. The Kier molecular flexibility index (Phi) is 5.81. The van der Waals surface area contributed by atoms with E-state index in [1.54, 1.807) is 0 Å². The number of likely N-dealkylation sites (N-methyl/N-ethyl adjacent to an activating group) is 1. The van der Waals surface area contributed by atoms with Gasteiger partial charge in [0, 0.05) is 26.2 Å². The Hall–Kier alpha value is 0.115. The number of hydrogen-bond acceptors (Lipinski definition) is 2. The highest BCUT2D eigenvalue weighted by Gasteiger charge is 2.22. The molecule has 0 bridgehead atoms. The summed E-state index contributed by atoms with van der Waals surface area (Å²) in [6.07, 6.45) is 0. The molecule has 0 amide bonds. The number of hydrogen-bond donors (Lipinski definition) is 0. The van der Waals surface area contributed by atoms with E-state index in [1.807, 2.05) is 18.7 Å². The molecule has 1 fully saturated rings. The highest BCUT2D eigenvalue weighted by atomic mass is 15.3. The zero-order valence-electron chi connectivity index (χ0n) is 8.95. The lowest BCUT2D eigenvalue weighted by Gasteiger charge is -2.42. The predicted octanol–water partition coefficient (Wildman–Crippen LogP) is -0.623. The summed E-state index contributed by atoms with van der Waals surface area (Å²) in [5.41, 5.74) is 0. The molecule has 68 valence electrons. The highest BCUT2D eigenvalue weighted by molar-refractivity contribution is 6.59. The fourth-order valence-corrected chi connectivity index (χ4v) is 1.19. The van der Waals surface area contributed by atoms with Gasteiger partial charge in [0.15, 0.2) is 0 Å². The average molecular weight is 174 g/mol. The molecule has 6 radical (unpaired) electrons. The van der Waals surface area contributed by atoms with Gasteiger partial charge in [0.05, 0.1) is 23.5 Å². The molecule has 13 heavy (non-hydrogen) atoms. The van der Waals surface area contributed by atoms with Crippen LogP contribution in [0.1, 0.15) is 13.8 Å². The van der Waals surface area contributed by atoms with Crippen LogP contribution in [0.2, 0.25) is 0 Å². The van der Waals surface area contributed by atoms with Crippen molar-refractivity contribution in [3.8, 4) is 0 Å². The summed E-state index contributed by atoms with van der Waals surface area (Å²) >= 11 is 0. The summed E-state index contributed by atoms with van der Waals surface area (Å²) < 4.78 is 0. The summed E-state index contributed by atoms with van der Waals surface area (Å²) in [6, 6.07) is 0. The maximum atomic E-state index is 5.52. The van der Waals surface area contributed by atoms with Crippen molar-refractivity contribution < 1.29 is 0 Å². The van der Waals surface area contributed by atoms with Crippen molar-refractivity contribution >= 4 is 23.5 Å². The van der Waals surface area contributed by atoms with E-state index in [2.05, 4.69) is 11.9 Å². The fraction of sp³-hybridized carbons (Fsp3) is 1.00. The normalized spacial score (nSPS) is 20.5. The Balaban J connectivity index is 0.000000671. The summed E-state index contributed by atoms with van der Waals surface area (Å²) in [6.45, 7) is 7.65. The van der Waals surface area contributed by atoms with Gasteiger partial charge in [-0.05, 0) is 7.05 Å². The first-order valence-corrected chi connectivity index (χ1v) is 4.80. The minimum Gasteiger partial charge on any atom is -0.320 e. The first kappa shape index (κ1) is 13.1. The van der Waals surface area contributed by atoms with Crippen molar-refractivity contribution in [3.05, 3.63) is 0 Å². The second-order valence-corrected chi connectivity index (χ2v) is 3.18. The molecule has 1 aliphatic heterocycles. The van der Waals surface area contributed by atoms with E-state index in [0.29, 0.717) is 0 Å². The van der Waals surface area contributed by atoms with Gasteiger partial charge < -0.3 is 9.80 Å². The molecule has 1 aliphatic rings. The number of rotatable bonds is 1. The van der Waals surface area contributed by atoms with Gasteiger partial charge in [0.2, 0.25) is 0 Å². The third kappa shape index (κ3) is 4.77. The van der Waals surface area contributed by atoms with Gasteiger partial charge in [-0.3, -0.25) is 0 Å². The van der Waals surface area contributed by atoms with Gasteiger partial charge in [0.25, 0.3) is 0 Å². The lowest BCUT2D eigenvalue weighted by atomic mass is 9.48.